The molecular formula is C19H23N3O5S. The van der Waals surface area contributed by atoms with Crippen LogP contribution in [0.2, 0.25) is 0 Å². The number of sulfone groups is 1. The summed E-state index contributed by atoms with van der Waals surface area (Å²) in [5.41, 5.74) is 2.11. The second-order valence-corrected chi connectivity index (χ2v) is 8.11. The number of hydrogen-bond donors (Lipinski definition) is 1. The summed E-state index contributed by atoms with van der Waals surface area (Å²) < 4.78 is 28.9. The van der Waals surface area contributed by atoms with E-state index in [4.69, 9.17) is 5.11 Å². The molecule has 0 saturated heterocycles. The van der Waals surface area contributed by atoms with Crippen molar-refractivity contribution in [2.24, 2.45) is 10.2 Å². The topological polar surface area (TPSA) is 109 Å². The minimum atomic E-state index is -3.56. The summed E-state index contributed by atoms with van der Waals surface area (Å²) in [5.74, 6) is -0.875. The summed E-state index contributed by atoms with van der Waals surface area (Å²) in [5, 5.41) is 17.2. The fourth-order valence-electron chi connectivity index (χ4n) is 2.33. The highest BCUT2D eigenvalue weighted by atomic mass is 32.2. The second kappa shape index (κ2) is 9.95. The number of rotatable bonds is 9. The van der Waals surface area contributed by atoms with Crippen LogP contribution in [0.15, 0.2) is 63.7 Å². The fraction of sp³-hybridized carbons (Fsp3) is 0.316. The highest BCUT2D eigenvalue weighted by Gasteiger charge is 2.16. The molecule has 0 aliphatic rings. The highest BCUT2D eigenvalue weighted by molar-refractivity contribution is 7.91. The number of hydrogen-bond acceptors (Lipinski definition) is 8. The maximum Gasteiger partial charge on any atom is 0.306 e. The van der Waals surface area contributed by atoms with E-state index >= 15 is 0 Å². The summed E-state index contributed by atoms with van der Waals surface area (Å²) in [6, 6.07) is 13.3. The molecule has 28 heavy (non-hydrogen) atoms. The Hall–Kier alpha value is -2.78. The number of aliphatic hydroxyl groups is 1. The lowest BCUT2D eigenvalue weighted by molar-refractivity contribution is -0.140. The van der Waals surface area contributed by atoms with E-state index in [2.05, 4.69) is 15.0 Å². The molecule has 1 N–H and O–H groups in total. The van der Waals surface area contributed by atoms with Gasteiger partial charge in [-0.25, -0.2) is 8.42 Å². The van der Waals surface area contributed by atoms with Crippen LogP contribution in [0.4, 0.5) is 17.1 Å². The maximum absolute atomic E-state index is 12.2. The molecule has 0 amide bonds. The van der Waals surface area contributed by atoms with Crippen LogP contribution in [-0.4, -0.2) is 52.6 Å². The lowest BCUT2D eigenvalue weighted by Crippen LogP contribution is -2.20. The molecule has 0 aromatic heterocycles. The van der Waals surface area contributed by atoms with Gasteiger partial charge in [-0.15, -0.1) is 0 Å². The van der Waals surface area contributed by atoms with E-state index in [1.165, 1.54) is 19.2 Å². The molecule has 150 valence electrons. The fourth-order valence-corrected chi connectivity index (χ4v) is 3.55. The number of methoxy groups -OCH3 is 1. The summed E-state index contributed by atoms with van der Waals surface area (Å²) in [7, 11) is -0.462. The SMILES string of the molecule is COC(=O)CCS(=O)(=O)c1ccc(N=Nc2ccc(N(C)CCO)cc2)cc1. The Balaban J connectivity index is 2.02. The molecule has 9 heteroatoms. The third-order valence-corrected chi connectivity index (χ3v) is 5.74. The number of carbonyl (C=O) groups excluding carboxylic acids is 1. The van der Waals surface area contributed by atoms with Gasteiger partial charge < -0.3 is 14.7 Å². The highest BCUT2D eigenvalue weighted by Crippen LogP contribution is 2.23. The zero-order valence-electron chi connectivity index (χ0n) is 15.8. The first-order valence-electron chi connectivity index (χ1n) is 8.59. The Morgan fingerprint density at radius 2 is 1.57 bits per heavy atom. The molecule has 0 atom stereocenters. The number of ether oxygens (including phenoxy) is 1. The largest absolute Gasteiger partial charge is 0.469 e. The van der Waals surface area contributed by atoms with Gasteiger partial charge in [-0.05, 0) is 48.5 Å². The summed E-state index contributed by atoms with van der Waals surface area (Å²) in [6.07, 6.45) is -0.191. The summed E-state index contributed by atoms with van der Waals surface area (Å²) in [4.78, 5) is 13.2. The van der Waals surface area contributed by atoms with Crippen molar-refractivity contribution in [3.63, 3.8) is 0 Å². The van der Waals surface area contributed by atoms with E-state index < -0.39 is 15.8 Å². The van der Waals surface area contributed by atoms with E-state index in [1.807, 2.05) is 24.1 Å². The van der Waals surface area contributed by atoms with Gasteiger partial charge >= 0.3 is 5.97 Å². The van der Waals surface area contributed by atoms with Gasteiger partial charge in [0.05, 0.1) is 42.2 Å². The van der Waals surface area contributed by atoms with Crippen molar-refractivity contribution in [3.8, 4) is 0 Å². The standard InChI is InChI=1S/C19H23N3O5S/c1-22(12-13-23)17-7-3-15(4-8-17)20-21-16-5-9-18(10-6-16)28(25,26)14-11-19(24)27-2/h3-10,23H,11-14H2,1-2H3. The van der Waals surface area contributed by atoms with Crippen molar-refractivity contribution in [2.75, 3.05) is 38.0 Å². The van der Waals surface area contributed by atoms with Gasteiger partial charge in [-0.1, -0.05) is 0 Å². The van der Waals surface area contributed by atoms with Crippen LogP contribution in [0.1, 0.15) is 6.42 Å². The Bertz CT molecular complexity index is 910. The summed E-state index contributed by atoms with van der Waals surface area (Å²) >= 11 is 0. The molecule has 0 bridgehead atoms. The van der Waals surface area contributed by atoms with E-state index in [0.717, 1.165) is 5.69 Å². The first kappa shape index (κ1) is 21.5. The predicted molar refractivity (Wildman–Crippen MR) is 106 cm³/mol. The Kier molecular flexibility index (Phi) is 7.65. The van der Waals surface area contributed by atoms with Crippen molar-refractivity contribution >= 4 is 32.9 Å². The lowest BCUT2D eigenvalue weighted by atomic mass is 10.2. The number of esters is 1. The molecule has 0 fully saturated rings. The molecule has 0 saturated carbocycles. The molecule has 0 heterocycles. The van der Waals surface area contributed by atoms with Crippen LogP contribution in [0.5, 0.6) is 0 Å². The molecule has 2 aromatic rings. The van der Waals surface area contributed by atoms with Gasteiger partial charge in [0.2, 0.25) is 0 Å². The van der Waals surface area contributed by atoms with E-state index in [9.17, 15) is 13.2 Å². The number of likely N-dealkylation sites (N-methyl/N-ethyl adjacent to an activating group) is 1. The van der Waals surface area contributed by atoms with Gasteiger partial charge in [0.15, 0.2) is 9.84 Å². The van der Waals surface area contributed by atoms with Crippen LogP contribution in [0, 0.1) is 0 Å². The van der Waals surface area contributed by atoms with Crippen molar-refractivity contribution in [1.82, 2.24) is 0 Å². The third kappa shape index (κ3) is 6.14. The molecule has 2 rings (SSSR count). The second-order valence-electron chi connectivity index (χ2n) is 6.00. The number of aliphatic hydroxyl groups excluding tert-OH is 1. The zero-order chi connectivity index (χ0) is 20.6. The van der Waals surface area contributed by atoms with E-state index in [0.29, 0.717) is 17.9 Å². The average molecular weight is 405 g/mol. The van der Waals surface area contributed by atoms with Gasteiger partial charge in [0.1, 0.15) is 0 Å². The monoisotopic (exact) mass is 405 g/mol. The van der Waals surface area contributed by atoms with E-state index in [1.54, 1.807) is 24.3 Å². The minimum absolute atomic E-state index is 0.0758. The van der Waals surface area contributed by atoms with Gasteiger partial charge in [0.25, 0.3) is 0 Å². The molecular weight excluding hydrogens is 382 g/mol. The molecule has 0 unspecified atom stereocenters. The smallest absolute Gasteiger partial charge is 0.306 e. The number of benzene rings is 2. The van der Waals surface area contributed by atoms with Crippen LogP contribution in [0.3, 0.4) is 0 Å². The van der Waals surface area contributed by atoms with Crippen LogP contribution in [0.25, 0.3) is 0 Å². The van der Waals surface area contributed by atoms with Gasteiger partial charge in [-0.2, -0.15) is 10.2 Å². The van der Waals surface area contributed by atoms with E-state index in [-0.39, 0.29) is 23.7 Å². The van der Waals surface area contributed by atoms with Crippen molar-refractivity contribution in [2.45, 2.75) is 11.3 Å². The number of carbonyl (C=O) groups is 1. The quantitative estimate of drug-likeness (QED) is 0.508. The van der Waals surface area contributed by atoms with Crippen LogP contribution >= 0.6 is 0 Å². The molecule has 2 aromatic carbocycles. The average Bonchev–Trinajstić information content (AvgIpc) is 2.71. The Labute approximate surface area is 164 Å². The number of nitrogens with zero attached hydrogens (tertiary/aromatic N) is 3. The molecule has 0 aliphatic heterocycles. The number of anilines is 1. The zero-order valence-corrected chi connectivity index (χ0v) is 16.6. The first-order valence-corrected chi connectivity index (χ1v) is 10.2. The molecule has 0 radical (unpaired) electrons. The Morgan fingerprint density at radius 3 is 2.07 bits per heavy atom. The third-order valence-electron chi connectivity index (χ3n) is 4.01. The normalized spacial score (nSPS) is 11.5. The van der Waals surface area contributed by atoms with Crippen molar-refractivity contribution in [3.05, 3.63) is 48.5 Å². The molecule has 8 nitrogen and oxygen atoms in total. The van der Waals surface area contributed by atoms with Crippen molar-refractivity contribution in [1.29, 1.82) is 0 Å². The lowest BCUT2D eigenvalue weighted by Gasteiger charge is -2.17. The molecule has 0 spiro atoms. The minimum Gasteiger partial charge on any atom is -0.469 e. The predicted octanol–water partition coefficient (Wildman–Crippen LogP) is 2.87. The molecule has 0 aliphatic carbocycles. The summed E-state index contributed by atoms with van der Waals surface area (Å²) in [6.45, 7) is 0.613. The van der Waals surface area contributed by atoms with Gasteiger partial charge in [-0.3, -0.25) is 4.79 Å². The Morgan fingerprint density at radius 1 is 1.04 bits per heavy atom. The maximum atomic E-state index is 12.2. The van der Waals surface area contributed by atoms with Crippen LogP contribution in [-0.2, 0) is 19.4 Å². The van der Waals surface area contributed by atoms with Crippen LogP contribution < -0.4 is 4.90 Å². The first-order chi connectivity index (χ1) is 13.4. The van der Waals surface area contributed by atoms with Crippen molar-refractivity contribution < 1.29 is 23.1 Å². The number of azo groups is 1. The van der Waals surface area contributed by atoms with Gasteiger partial charge in [0, 0.05) is 19.3 Å².